The van der Waals surface area contributed by atoms with Crippen LogP contribution in [-0.2, 0) is 11.3 Å². The minimum Gasteiger partial charge on any atom is -0.496 e. The van der Waals surface area contributed by atoms with Crippen LogP contribution in [0.3, 0.4) is 0 Å². The average Bonchev–Trinajstić information content (AvgIpc) is 2.59. The van der Waals surface area contributed by atoms with Crippen molar-refractivity contribution in [3.8, 4) is 5.75 Å². The lowest BCUT2D eigenvalue weighted by molar-refractivity contribution is -0.132. The summed E-state index contributed by atoms with van der Waals surface area (Å²) in [5, 5.41) is 3.33. The molecule has 0 atom stereocenters. The van der Waals surface area contributed by atoms with Crippen molar-refractivity contribution in [2.45, 2.75) is 19.9 Å². The molecule has 0 unspecified atom stereocenters. The van der Waals surface area contributed by atoms with Gasteiger partial charge in [-0.3, -0.25) is 4.79 Å². The first-order valence-corrected chi connectivity index (χ1v) is 8.07. The van der Waals surface area contributed by atoms with E-state index in [0.29, 0.717) is 13.0 Å². The third-order valence-corrected chi connectivity index (χ3v) is 4.20. The molecule has 1 heterocycles. The highest BCUT2D eigenvalue weighted by atomic mass is 16.5. The number of rotatable bonds is 7. The number of piperazine rings is 1. The third-order valence-electron chi connectivity index (χ3n) is 4.20. The average molecular weight is 305 g/mol. The fraction of sp³-hybridized carbons (Fsp3) is 0.588. The van der Waals surface area contributed by atoms with Crippen molar-refractivity contribution in [2.24, 2.45) is 0 Å². The van der Waals surface area contributed by atoms with Crippen molar-refractivity contribution in [3.05, 3.63) is 29.8 Å². The van der Waals surface area contributed by atoms with Gasteiger partial charge in [-0.2, -0.15) is 0 Å². The Hall–Kier alpha value is -1.59. The van der Waals surface area contributed by atoms with Gasteiger partial charge in [0.25, 0.3) is 0 Å². The molecule has 1 amide bonds. The van der Waals surface area contributed by atoms with Crippen LogP contribution in [0.25, 0.3) is 0 Å². The maximum Gasteiger partial charge on any atom is 0.223 e. The van der Waals surface area contributed by atoms with E-state index < -0.39 is 0 Å². The summed E-state index contributed by atoms with van der Waals surface area (Å²) in [7, 11) is 1.68. The van der Waals surface area contributed by atoms with Gasteiger partial charge in [-0.25, -0.2) is 0 Å². The van der Waals surface area contributed by atoms with Crippen LogP contribution < -0.4 is 10.1 Å². The van der Waals surface area contributed by atoms with Gasteiger partial charge in [-0.1, -0.05) is 25.1 Å². The first-order chi connectivity index (χ1) is 10.7. The molecule has 1 aliphatic rings. The predicted octanol–water partition coefficient (Wildman–Crippen LogP) is 1.34. The van der Waals surface area contributed by atoms with Crippen molar-refractivity contribution < 1.29 is 9.53 Å². The molecule has 1 aromatic rings. The number of hydrogen-bond donors (Lipinski definition) is 1. The Bertz CT molecular complexity index is 471. The van der Waals surface area contributed by atoms with Crippen molar-refractivity contribution in [1.82, 2.24) is 15.1 Å². The molecule has 0 radical (unpaired) electrons. The van der Waals surface area contributed by atoms with Gasteiger partial charge in [0, 0.05) is 51.3 Å². The Labute approximate surface area is 133 Å². The molecule has 0 saturated carbocycles. The monoisotopic (exact) mass is 305 g/mol. The molecule has 5 heteroatoms. The number of methoxy groups -OCH3 is 1. The minimum atomic E-state index is 0.253. The molecule has 22 heavy (non-hydrogen) atoms. The summed E-state index contributed by atoms with van der Waals surface area (Å²) in [6, 6.07) is 7.95. The number of carbonyl (C=O) groups is 1. The first-order valence-electron chi connectivity index (χ1n) is 8.07. The standard InChI is InChI=1S/C17H27N3O2/c1-3-19-10-12-20(13-11-19)17(21)8-9-18-14-15-6-4-5-7-16(15)22-2/h4-7,18H,3,8-14H2,1-2H3. The Morgan fingerprint density at radius 2 is 1.95 bits per heavy atom. The molecule has 5 nitrogen and oxygen atoms in total. The topological polar surface area (TPSA) is 44.8 Å². The van der Waals surface area contributed by atoms with Gasteiger partial charge in [-0.05, 0) is 12.6 Å². The van der Waals surface area contributed by atoms with E-state index in [1.54, 1.807) is 7.11 Å². The minimum absolute atomic E-state index is 0.253. The molecule has 0 spiro atoms. The number of likely N-dealkylation sites (N-methyl/N-ethyl adjacent to an activating group) is 1. The predicted molar refractivity (Wildman–Crippen MR) is 88.0 cm³/mol. The highest BCUT2D eigenvalue weighted by molar-refractivity contribution is 5.76. The summed E-state index contributed by atoms with van der Waals surface area (Å²) >= 11 is 0. The number of nitrogens with one attached hydrogen (secondary N) is 1. The second-order valence-corrected chi connectivity index (χ2v) is 5.55. The number of para-hydroxylation sites is 1. The van der Waals surface area contributed by atoms with Crippen LogP contribution >= 0.6 is 0 Å². The molecular weight excluding hydrogens is 278 g/mol. The van der Waals surface area contributed by atoms with Crippen LogP contribution in [0.4, 0.5) is 0 Å². The van der Waals surface area contributed by atoms with Crippen LogP contribution in [0.1, 0.15) is 18.9 Å². The van der Waals surface area contributed by atoms with E-state index in [0.717, 1.165) is 50.6 Å². The second kappa shape index (κ2) is 8.76. The fourth-order valence-corrected chi connectivity index (χ4v) is 2.74. The van der Waals surface area contributed by atoms with Crippen molar-refractivity contribution >= 4 is 5.91 Å². The van der Waals surface area contributed by atoms with E-state index in [-0.39, 0.29) is 5.91 Å². The molecule has 1 saturated heterocycles. The Kier molecular flexibility index (Phi) is 6.68. The van der Waals surface area contributed by atoms with Crippen LogP contribution in [0.5, 0.6) is 5.75 Å². The molecule has 1 aliphatic heterocycles. The summed E-state index contributed by atoms with van der Waals surface area (Å²) < 4.78 is 5.32. The Morgan fingerprint density at radius 3 is 2.64 bits per heavy atom. The SMILES string of the molecule is CCN1CCN(C(=O)CCNCc2ccccc2OC)CC1. The number of amides is 1. The summed E-state index contributed by atoms with van der Waals surface area (Å²) in [4.78, 5) is 16.5. The van der Waals surface area contributed by atoms with Gasteiger partial charge < -0.3 is 19.9 Å². The molecule has 2 rings (SSSR count). The van der Waals surface area contributed by atoms with Gasteiger partial charge >= 0.3 is 0 Å². The zero-order chi connectivity index (χ0) is 15.8. The second-order valence-electron chi connectivity index (χ2n) is 5.55. The number of benzene rings is 1. The summed E-state index contributed by atoms with van der Waals surface area (Å²) in [5.74, 6) is 1.14. The summed E-state index contributed by atoms with van der Waals surface area (Å²) in [6.07, 6.45) is 0.557. The summed E-state index contributed by atoms with van der Waals surface area (Å²) in [5.41, 5.74) is 1.12. The largest absolute Gasteiger partial charge is 0.496 e. The molecule has 0 bridgehead atoms. The summed E-state index contributed by atoms with van der Waals surface area (Å²) in [6.45, 7) is 8.37. The zero-order valence-electron chi connectivity index (χ0n) is 13.7. The molecular formula is C17H27N3O2. The van der Waals surface area contributed by atoms with Crippen LogP contribution in [0, 0.1) is 0 Å². The lowest BCUT2D eigenvalue weighted by Gasteiger charge is -2.34. The molecule has 122 valence electrons. The van der Waals surface area contributed by atoms with E-state index in [1.165, 1.54) is 0 Å². The molecule has 1 fully saturated rings. The van der Waals surface area contributed by atoms with E-state index in [4.69, 9.17) is 4.74 Å². The number of ether oxygens (including phenoxy) is 1. The quantitative estimate of drug-likeness (QED) is 0.772. The molecule has 1 aromatic carbocycles. The van der Waals surface area contributed by atoms with Crippen molar-refractivity contribution in [2.75, 3.05) is 46.4 Å². The Morgan fingerprint density at radius 1 is 1.23 bits per heavy atom. The van der Waals surface area contributed by atoms with E-state index in [2.05, 4.69) is 17.1 Å². The number of carbonyl (C=O) groups excluding carboxylic acids is 1. The van der Waals surface area contributed by atoms with Crippen molar-refractivity contribution in [1.29, 1.82) is 0 Å². The van der Waals surface area contributed by atoms with Gasteiger partial charge in [0.15, 0.2) is 0 Å². The molecule has 0 aromatic heterocycles. The smallest absolute Gasteiger partial charge is 0.223 e. The number of hydrogen-bond acceptors (Lipinski definition) is 4. The van der Waals surface area contributed by atoms with Crippen molar-refractivity contribution in [3.63, 3.8) is 0 Å². The molecule has 0 aliphatic carbocycles. The maximum absolute atomic E-state index is 12.2. The highest BCUT2D eigenvalue weighted by Gasteiger charge is 2.19. The van der Waals surface area contributed by atoms with E-state index in [9.17, 15) is 4.79 Å². The van der Waals surface area contributed by atoms with Gasteiger partial charge in [-0.15, -0.1) is 0 Å². The van der Waals surface area contributed by atoms with Gasteiger partial charge in [0.05, 0.1) is 7.11 Å². The normalized spacial score (nSPS) is 15.8. The number of nitrogens with zero attached hydrogens (tertiary/aromatic N) is 2. The molecule has 1 N–H and O–H groups in total. The van der Waals surface area contributed by atoms with Crippen LogP contribution in [-0.4, -0.2) is 62.1 Å². The Balaban J connectivity index is 1.67. The highest BCUT2D eigenvalue weighted by Crippen LogP contribution is 2.16. The lowest BCUT2D eigenvalue weighted by atomic mass is 10.2. The van der Waals surface area contributed by atoms with Crippen LogP contribution in [0.15, 0.2) is 24.3 Å². The fourth-order valence-electron chi connectivity index (χ4n) is 2.74. The van der Waals surface area contributed by atoms with E-state index >= 15 is 0 Å². The first kappa shape index (κ1) is 16.8. The maximum atomic E-state index is 12.2. The zero-order valence-corrected chi connectivity index (χ0v) is 13.7. The third kappa shape index (κ3) is 4.71. The van der Waals surface area contributed by atoms with E-state index in [1.807, 2.05) is 29.2 Å². The van der Waals surface area contributed by atoms with Gasteiger partial charge in [0.1, 0.15) is 5.75 Å². The lowest BCUT2D eigenvalue weighted by Crippen LogP contribution is -2.48. The van der Waals surface area contributed by atoms with Crippen LogP contribution in [0.2, 0.25) is 0 Å². The van der Waals surface area contributed by atoms with Gasteiger partial charge in [0.2, 0.25) is 5.91 Å².